The minimum atomic E-state index is -0.259. The monoisotopic (exact) mass is 390 g/mol. The molecule has 0 saturated carbocycles. The van der Waals surface area contributed by atoms with E-state index in [4.69, 9.17) is 4.74 Å². The molecule has 29 heavy (non-hydrogen) atoms. The van der Waals surface area contributed by atoms with Crippen LogP contribution in [0.4, 0.5) is 5.69 Å². The van der Waals surface area contributed by atoms with Gasteiger partial charge in [-0.05, 0) is 55.5 Å². The van der Waals surface area contributed by atoms with E-state index in [9.17, 15) is 9.59 Å². The highest BCUT2D eigenvalue weighted by Gasteiger charge is 2.42. The highest BCUT2D eigenvalue weighted by atomic mass is 16.5. The van der Waals surface area contributed by atoms with E-state index in [1.807, 2.05) is 74.3 Å². The van der Waals surface area contributed by atoms with Gasteiger partial charge in [0.25, 0.3) is 11.8 Å². The molecule has 0 radical (unpaired) electrons. The Morgan fingerprint density at radius 1 is 1.03 bits per heavy atom. The second-order valence-electron chi connectivity index (χ2n) is 7.77. The molecule has 0 aromatic heterocycles. The van der Waals surface area contributed by atoms with Crippen LogP contribution in [0.1, 0.15) is 29.5 Å². The Morgan fingerprint density at radius 2 is 1.79 bits per heavy atom. The maximum atomic E-state index is 13.4. The topological polar surface area (TPSA) is 49.9 Å². The highest BCUT2D eigenvalue weighted by molar-refractivity contribution is 6.36. The molecule has 0 aliphatic carbocycles. The van der Waals surface area contributed by atoms with Crippen molar-refractivity contribution >= 4 is 23.1 Å². The molecule has 2 aliphatic heterocycles. The molecule has 0 N–H and O–H groups in total. The van der Waals surface area contributed by atoms with Crippen molar-refractivity contribution in [1.82, 2.24) is 4.90 Å². The maximum absolute atomic E-state index is 13.4. The lowest BCUT2D eigenvalue weighted by atomic mass is 9.99. The molecular formula is C24H26N2O3. The van der Waals surface area contributed by atoms with Crippen molar-refractivity contribution in [1.29, 1.82) is 0 Å². The third kappa shape index (κ3) is 3.58. The van der Waals surface area contributed by atoms with Gasteiger partial charge in [-0.1, -0.05) is 36.4 Å². The fraction of sp³-hybridized carbons (Fsp3) is 0.333. The summed E-state index contributed by atoms with van der Waals surface area (Å²) in [5.41, 5.74) is 4.77. The van der Waals surface area contributed by atoms with Crippen LogP contribution in [0.5, 0.6) is 0 Å². The molecule has 0 bridgehead atoms. The number of ether oxygens (including phenoxy) is 1. The molecular weight excluding hydrogens is 364 g/mol. The SMILES string of the molecule is Cc1ccc(C2=C(N(C)c3ccccc3)C(=O)N(CC3CCCO3)C2=O)cc1C. The van der Waals surface area contributed by atoms with E-state index in [1.54, 1.807) is 0 Å². The number of carbonyl (C=O) groups is 2. The quantitative estimate of drug-likeness (QED) is 0.731. The summed E-state index contributed by atoms with van der Waals surface area (Å²) in [6.07, 6.45) is 1.76. The molecule has 0 spiro atoms. The van der Waals surface area contributed by atoms with Crippen molar-refractivity contribution in [3.63, 3.8) is 0 Å². The minimum absolute atomic E-state index is 0.0784. The highest BCUT2D eigenvalue weighted by Crippen LogP contribution is 2.34. The number of hydrogen-bond acceptors (Lipinski definition) is 4. The van der Waals surface area contributed by atoms with Crippen molar-refractivity contribution < 1.29 is 14.3 Å². The van der Waals surface area contributed by atoms with Crippen LogP contribution in [0.15, 0.2) is 54.2 Å². The lowest BCUT2D eigenvalue weighted by Gasteiger charge is -2.22. The van der Waals surface area contributed by atoms with Crippen molar-refractivity contribution in [2.45, 2.75) is 32.8 Å². The van der Waals surface area contributed by atoms with Crippen LogP contribution < -0.4 is 4.90 Å². The third-order valence-electron chi connectivity index (χ3n) is 5.83. The molecule has 1 fully saturated rings. The van der Waals surface area contributed by atoms with E-state index in [1.165, 1.54) is 4.90 Å². The predicted molar refractivity (Wildman–Crippen MR) is 113 cm³/mol. The summed E-state index contributed by atoms with van der Waals surface area (Å²) in [6.45, 7) is 5.05. The summed E-state index contributed by atoms with van der Waals surface area (Å²) in [6, 6.07) is 15.6. The number of anilines is 1. The number of imide groups is 1. The Morgan fingerprint density at radius 3 is 2.45 bits per heavy atom. The van der Waals surface area contributed by atoms with Gasteiger partial charge in [0.05, 0.1) is 18.2 Å². The average molecular weight is 390 g/mol. The summed E-state index contributed by atoms with van der Waals surface area (Å²) in [5, 5.41) is 0. The standard InChI is InChI=1S/C24H26N2O3/c1-16-11-12-18(14-17(16)2)21-22(25(3)19-8-5-4-6-9-19)24(28)26(23(21)27)15-20-10-7-13-29-20/h4-6,8-9,11-12,14,20H,7,10,13,15H2,1-3H3. The summed E-state index contributed by atoms with van der Waals surface area (Å²) in [5.74, 6) is -0.503. The summed E-state index contributed by atoms with van der Waals surface area (Å²) >= 11 is 0. The maximum Gasteiger partial charge on any atom is 0.278 e. The Kier molecular flexibility index (Phi) is 5.24. The van der Waals surface area contributed by atoms with Gasteiger partial charge in [0.15, 0.2) is 0 Å². The van der Waals surface area contributed by atoms with Gasteiger partial charge in [0.2, 0.25) is 0 Å². The first-order valence-electron chi connectivity index (χ1n) is 10.1. The van der Waals surface area contributed by atoms with E-state index in [0.29, 0.717) is 24.4 Å². The molecule has 2 aliphatic rings. The molecule has 5 heteroatoms. The number of para-hydroxylation sites is 1. The number of aryl methyl sites for hydroxylation is 2. The molecule has 2 aromatic rings. The van der Waals surface area contributed by atoms with Gasteiger partial charge in [0, 0.05) is 19.3 Å². The van der Waals surface area contributed by atoms with Gasteiger partial charge in [0.1, 0.15) is 5.70 Å². The molecule has 150 valence electrons. The zero-order valence-corrected chi connectivity index (χ0v) is 17.1. The molecule has 1 atom stereocenters. The Labute approximate surface area is 171 Å². The van der Waals surface area contributed by atoms with Gasteiger partial charge in [-0.3, -0.25) is 14.5 Å². The molecule has 2 amide bonds. The normalized spacial score (nSPS) is 19.4. The van der Waals surface area contributed by atoms with Crippen LogP contribution in [0, 0.1) is 13.8 Å². The Balaban J connectivity index is 1.79. The van der Waals surface area contributed by atoms with Crippen LogP contribution in [-0.2, 0) is 14.3 Å². The molecule has 1 saturated heterocycles. The van der Waals surface area contributed by atoms with Gasteiger partial charge in [-0.2, -0.15) is 0 Å². The van der Waals surface area contributed by atoms with E-state index in [-0.39, 0.29) is 17.9 Å². The average Bonchev–Trinajstić information content (AvgIpc) is 3.32. The second-order valence-corrected chi connectivity index (χ2v) is 7.77. The molecule has 2 heterocycles. The largest absolute Gasteiger partial charge is 0.376 e. The summed E-state index contributed by atoms with van der Waals surface area (Å²) < 4.78 is 5.69. The Hall–Kier alpha value is -2.92. The fourth-order valence-electron chi connectivity index (χ4n) is 3.97. The summed E-state index contributed by atoms with van der Waals surface area (Å²) in [7, 11) is 1.84. The zero-order chi connectivity index (χ0) is 20.5. The molecule has 2 aromatic carbocycles. The van der Waals surface area contributed by atoms with Crippen molar-refractivity contribution in [3.8, 4) is 0 Å². The third-order valence-corrected chi connectivity index (χ3v) is 5.83. The number of rotatable bonds is 5. The number of likely N-dealkylation sites (N-methyl/N-ethyl adjacent to an activating group) is 1. The molecule has 5 nitrogen and oxygen atoms in total. The van der Waals surface area contributed by atoms with Crippen molar-refractivity contribution in [3.05, 3.63) is 70.9 Å². The van der Waals surface area contributed by atoms with Gasteiger partial charge >= 0.3 is 0 Å². The number of carbonyl (C=O) groups excluding carboxylic acids is 2. The molecule has 4 rings (SSSR count). The van der Waals surface area contributed by atoms with Crippen molar-refractivity contribution in [2.24, 2.45) is 0 Å². The predicted octanol–water partition coefficient (Wildman–Crippen LogP) is 3.70. The fourth-order valence-corrected chi connectivity index (χ4v) is 3.97. The van der Waals surface area contributed by atoms with Gasteiger partial charge in [-0.25, -0.2) is 0 Å². The second kappa shape index (κ2) is 7.84. The number of benzene rings is 2. The first kappa shape index (κ1) is 19.4. The summed E-state index contributed by atoms with van der Waals surface area (Å²) in [4.78, 5) is 30.0. The first-order valence-corrected chi connectivity index (χ1v) is 10.1. The first-order chi connectivity index (χ1) is 14.0. The van der Waals surface area contributed by atoms with E-state index >= 15 is 0 Å². The van der Waals surface area contributed by atoms with Crippen LogP contribution >= 0.6 is 0 Å². The van der Waals surface area contributed by atoms with E-state index in [2.05, 4.69) is 0 Å². The number of amides is 2. The van der Waals surface area contributed by atoms with Gasteiger partial charge in [-0.15, -0.1) is 0 Å². The Bertz CT molecular complexity index is 975. The van der Waals surface area contributed by atoms with Crippen LogP contribution in [-0.4, -0.2) is 43.0 Å². The number of nitrogens with zero attached hydrogens (tertiary/aromatic N) is 2. The number of hydrogen-bond donors (Lipinski definition) is 0. The lowest BCUT2D eigenvalue weighted by molar-refractivity contribution is -0.138. The van der Waals surface area contributed by atoms with E-state index in [0.717, 1.165) is 35.2 Å². The van der Waals surface area contributed by atoms with Crippen LogP contribution in [0.25, 0.3) is 5.57 Å². The molecule has 1 unspecified atom stereocenters. The van der Waals surface area contributed by atoms with E-state index < -0.39 is 0 Å². The van der Waals surface area contributed by atoms with Crippen LogP contribution in [0.3, 0.4) is 0 Å². The van der Waals surface area contributed by atoms with Crippen LogP contribution in [0.2, 0.25) is 0 Å². The van der Waals surface area contributed by atoms with Crippen molar-refractivity contribution in [2.75, 3.05) is 25.1 Å². The smallest absolute Gasteiger partial charge is 0.278 e. The van der Waals surface area contributed by atoms with Gasteiger partial charge < -0.3 is 9.64 Å². The minimum Gasteiger partial charge on any atom is -0.376 e. The zero-order valence-electron chi connectivity index (χ0n) is 17.1. The lowest BCUT2D eigenvalue weighted by Crippen LogP contribution is -2.39.